The Morgan fingerprint density at radius 2 is 1.92 bits per heavy atom. The van der Waals surface area contributed by atoms with Gasteiger partial charge in [-0.3, -0.25) is 14.6 Å². The minimum Gasteiger partial charge on any atom is -0.492 e. The number of carboxylic acids is 1. The number of aliphatic carboxylic acids is 1. The fraction of sp³-hybridized carbons (Fsp3) is 0.483. The van der Waals surface area contributed by atoms with Crippen LogP contribution in [0.1, 0.15) is 50.1 Å². The van der Waals surface area contributed by atoms with Gasteiger partial charge >= 0.3 is 5.97 Å². The first kappa shape index (κ1) is 25.7. The Balaban J connectivity index is 1.47. The van der Waals surface area contributed by atoms with Gasteiger partial charge in [-0.05, 0) is 30.9 Å². The number of nitrogens with zero attached hydrogens (tertiary/aromatic N) is 2. The summed E-state index contributed by atoms with van der Waals surface area (Å²) in [5.74, 6) is -2.13. The summed E-state index contributed by atoms with van der Waals surface area (Å²) in [6.07, 6.45) is 1.82. The molecule has 8 heteroatoms. The summed E-state index contributed by atoms with van der Waals surface area (Å²) in [6.45, 7) is 9.13. The largest absolute Gasteiger partial charge is 0.492 e. The van der Waals surface area contributed by atoms with E-state index in [2.05, 4.69) is 16.8 Å². The van der Waals surface area contributed by atoms with Gasteiger partial charge in [0.1, 0.15) is 24.0 Å². The van der Waals surface area contributed by atoms with Crippen LogP contribution in [0.2, 0.25) is 0 Å². The number of aromatic nitrogens is 1. The topological polar surface area (TPSA) is 68.8 Å². The van der Waals surface area contributed by atoms with E-state index < -0.39 is 29.6 Å². The average molecular weight is 512 g/mol. The normalized spacial score (nSPS) is 21.5. The zero-order valence-corrected chi connectivity index (χ0v) is 21.6. The maximum atomic E-state index is 15.7. The van der Waals surface area contributed by atoms with Crippen LogP contribution in [0.15, 0.2) is 36.4 Å². The van der Waals surface area contributed by atoms with E-state index in [4.69, 9.17) is 4.74 Å². The molecule has 0 radical (unpaired) electrons. The van der Waals surface area contributed by atoms with Crippen LogP contribution in [0.4, 0.5) is 8.78 Å². The zero-order chi connectivity index (χ0) is 26.3. The van der Waals surface area contributed by atoms with Crippen molar-refractivity contribution in [2.24, 2.45) is 11.8 Å². The van der Waals surface area contributed by atoms with E-state index in [1.165, 1.54) is 12.1 Å². The summed E-state index contributed by atoms with van der Waals surface area (Å²) in [4.78, 5) is 19.3. The summed E-state index contributed by atoms with van der Waals surface area (Å²) in [7, 11) is 0. The minimum absolute atomic E-state index is 0.0853. The Kier molecular flexibility index (Phi) is 7.23. The van der Waals surface area contributed by atoms with Gasteiger partial charge in [0.15, 0.2) is 0 Å². The highest BCUT2D eigenvalue weighted by molar-refractivity contribution is 5.85. The van der Waals surface area contributed by atoms with E-state index >= 15 is 8.78 Å². The molecule has 198 valence electrons. The van der Waals surface area contributed by atoms with Crippen LogP contribution in [0.25, 0.3) is 10.9 Å². The molecule has 3 aromatic rings. The lowest BCUT2D eigenvalue weighted by molar-refractivity contribution is -0.142. The van der Waals surface area contributed by atoms with Gasteiger partial charge in [-0.2, -0.15) is 0 Å². The van der Waals surface area contributed by atoms with Crippen molar-refractivity contribution in [1.82, 2.24) is 14.8 Å². The number of hydrogen-bond acceptors (Lipinski definition) is 4. The van der Waals surface area contributed by atoms with Crippen LogP contribution in [0, 0.1) is 23.5 Å². The van der Waals surface area contributed by atoms with E-state index in [9.17, 15) is 9.90 Å². The third-order valence-electron chi connectivity index (χ3n) is 8.04. The number of carbonyl (C=O) groups is 1. The van der Waals surface area contributed by atoms with Crippen LogP contribution in [-0.2, 0) is 11.2 Å². The van der Waals surface area contributed by atoms with Crippen molar-refractivity contribution in [3.05, 3.63) is 64.9 Å². The van der Waals surface area contributed by atoms with Gasteiger partial charge in [0, 0.05) is 66.5 Å². The molecule has 3 atom stereocenters. The Morgan fingerprint density at radius 3 is 2.59 bits per heavy atom. The quantitative estimate of drug-likeness (QED) is 0.412. The molecule has 2 aromatic carbocycles. The molecule has 0 spiro atoms. The van der Waals surface area contributed by atoms with Gasteiger partial charge < -0.3 is 14.8 Å². The fourth-order valence-corrected chi connectivity index (χ4v) is 5.81. The number of fused-ring (bicyclic) bond motifs is 3. The number of ether oxygens (including phenoxy) is 1. The molecule has 0 bridgehead atoms. The van der Waals surface area contributed by atoms with Crippen molar-refractivity contribution in [2.45, 2.75) is 45.7 Å². The third-order valence-corrected chi connectivity index (χ3v) is 8.04. The second-order valence-corrected chi connectivity index (χ2v) is 10.6. The van der Waals surface area contributed by atoms with Crippen LogP contribution in [-0.4, -0.2) is 64.7 Å². The molecular formula is C29H35F2N3O3. The predicted molar refractivity (Wildman–Crippen MR) is 139 cm³/mol. The number of nitrogens with one attached hydrogen (secondary N) is 1. The molecule has 3 heterocycles. The van der Waals surface area contributed by atoms with E-state index in [0.29, 0.717) is 18.7 Å². The van der Waals surface area contributed by atoms with Gasteiger partial charge in [-0.1, -0.05) is 38.5 Å². The van der Waals surface area contributed by atoms with Gasteiger partial charge in [0.25, 0.3) is 0 Å². The Hall–Kier alpha value is -2.97. The van der Waals surface area contributed by atoms with Crippen molar-refractivity contribution in [1.29, 1.82) is 0 Å². The summed E-state index contributed by atoms with van der Waals surface area (Å²) < 4.78 is 37.2. The molecule has 0 saturated carbocycles. The first-order chi connectivity index (χ1) is 17.8. The molecule has 2 N–H and O–H groups in total. The lowest BCUT2D eigenvalue weighted by Gasteiger charge is -2.42. The standard InChI is InChI=1S/C29H35F2N3O3/c1-4-19-15-33(16-19)9-10-37-20-12-23(30)26(24(31)13-20)28-27-22(21-7-5-6-8-25(21)32-27)11-18(3)34(28)14-17(2)29(35)36/h5-8,12-13,17-19,28,32H,4,9-11,14-16H2,1-3H3,(H,35,36)/t17-,18-,28-/m1/s1. The molecule has 37 heavy (non-hydrogen) atoms. The van der Waals surface area contributed by atoms with Crippen LogP contribution < -0.4 is 4.74 Å². The summed E-state index contributed by atoms with van der Waals surface area (Å²) in [5, 5.41) is 10.6. The maximum absolute atomic E-state index is 15.7. The lowest BCUT2D eigenvalue weighted by Crippen LogP contribution is -2.47. The Morgan fingerprint density at radius 1 is 1.22 bits per heavy atom. The van der Waals surface area contributed by atoms with Crippen molar-refractivity contribution in [3.63, 3.8) is 0 Å². The number of carboxylic acid groups (broad SMARTS) is 1. The number of rotatable bonds is 9. The summed E-state index contributed by atoms with van der Waals surface area (Å²) >= 11 is 0. The number of para-hydroxylation sites is 1. The van der Waals surface area contributed by atoms with Crippen molar-refractivity contribution in [3.8, 4) is 5.75 Å². The molecule has 5 rings (SSSR count). The SMILES string of the molecule is CCC1CN(CCOc2cc(F)c([C@@H]3c4[nH]c5ccccc5c4C[C@@H](C)N3C[C@@H](C)C(=O)O)c(F)c2)C1. The Bertz CT molecular complexity index is 1260. The van der Waals surface area contributed by atoms with E-state index in [1.807, 2.05) is 36.1 Å². The smallest absolute Gasteiger partial charge is 0.307 e. The number of aromatic amines is 1. The van der Waals surface area contributed by atoms with Crippen LogP contribution >= 0.6 is 0 Å². The minimum atomic E-state index is -0.939. The highest BCUT2D eigenvalue weighted by atomic mass is 19.1. The van der Waals surface area contributed by atoms with Gasteiger partial charge in [0.05, 0.1) is 12.0 Å². The molecule has 0 unspecified atom stereocenters. The first-order valence-electron chi connectivity index (χ1n) is 13.2. The molecular weight excluding hydrogens is 476 g/mol. The van der Waals surface area contributed by atoms with Crippen molar-refractivity contribution >= 4 is 16.9 Å². The number of H-pyrrole nitrogens is 1. The van der Waals surface area contributed by atoms with E-state index in [-0.39, 0.29) is 23.9 Å². The second-order valence-electron chi connectivity index (χ2n) is 10.6. The molecule has 2 aliphatic heterocycles. The molecule has 1 saturated heterocycles. The maximum Gasteiger partial charge on any atom is 0.307 e. The monoisotopic (exact) mass is 511 g/mol. The van der Waals surface area contributed by atoms with Crippen LogP contribution in [0.3, 0.4) is 0 Å². The van der Waals surface area contributed by atoms with Crippen molar-refractivity contribution in [2.75, 3.05) is 32.8 Å². The van der Waals surface area contributed by atoms with Gasteiger partial charge in [0.2, 0.25) is 0 Å². The summed E-state index contributed by atoms with van der Waals surface area (Å²) in [6, 6.07) is 9.44. The molecule has 1 fully saturated rings. The summed E-state index contributed by atoms with van der Waals surface area (Å²) in [5.41, 5.74) is 2.55. The number of benzene rings is 2. The Labute approximate surface area is 216 Å². The zero-order valence-electron chi connectivity index (χ0n) is 21.6. The molecule has 1 aromatic heterocycles. The lowest BCUT2D eigenvalue weighted by atomic mass is 9.87. The van der Waals surface area contributed by atoms with E-state index in [1.54, 1.807) is 6.92 Å². The molecule has 2 aliphatic rings. The third kappa shape index (κ3) is 4.97. The predicted octanol–water partition coefficient (Wildman–Crippen LogP) is 5.22. The van der Waals surface area contributed by atoms with Gasteiger partial charge in [-0.15, -0.1) is 0 Å². The second kappa shape index (κ2) is 10.4. The molecule has 0 amide bonds. The van der Waals surface area contributed by atoms with E-state index in [0.717, 1.165) is 48.4 Å². The first-order valence-corrected chi connectivity index (χ1v) is 13.2. The van der Waals surface area contributed by atoms with Crippen molar-refractivity contribution < 1.29 is 23.4 Å². The highest BCUT2D eigenvalue weighted by Gasteiger charge is 2.40. The van der Waals surface area contributed by atoms with Crippen LogP contribution in [0.5, 0.6) is 5.75 Å². The molecule has 6 nitrogen and oxygen atoms in total. The van der Waals surface area contributed by atoms with Gasteiger partial charge in [-0.25, -0.2) is 8.78 Å². The fourth-order valence-electron chi connectivity index (χ4n) is 5.81. The average Bonchev–Trinajstić information content (AvgIpc) is 3.19. The molecule has 0 aliphatic carbocycles. The number of hydrogen-bond donors (Lipinski definition) is 2. The number of halogens is 2. The highest BCUT2D eigenvalue weighted by Crippen LogP contribution is 2.43. The number of likely N-dealkylation sites (tertiary alicyclic amines) is 1.